The van der Waals surface area contributed by atoms with Crippen LogP contribution in [-0.2, 0) is 0 Å². The highest BCUT2D eigenvalue weighted by molar-refractivity contribution is 6.37. The van der Waals surface area contributed by atoms with Gasteiger partial charge in [-0.25, -0.2) is 4.98 Å². The molecule has 1 fully saturated rings. The molecule has 0 saturated carbocycles. The zero-order valence-corrected chi connectivity index (χ0v) is 10.6. The topological polar surface area (TPSA) is 42.1 Å². The van der Waals surface area contributed by atoms with Crippen LogP contribution >= 0.6 is 23.2 Å². The van der Waals surface area contributed by atoms with Crippen LogP contribution in [0.1, 0.15) is 25.7 Å². The summed E-state index contributed by atoms with van der Waals surface area (Å²) < 4.78 is 0. The maximum absolute atomic E-state index is 6.14. The number of hydrogen-bond acceptors (Lipinski definition) is 3. The molecule has 1 aromatic rings. The predicted octanol–water partition coefficient (Wildman–Crippen LogP) is 3.35. The zero-order chi connectivity index (χ0) is 11.5. The molecule has 0 atom stereocenters. The van der Waals surface area contributed by atoms with Crippen LogP contribution in [0, 0.1) is 0 Å². The molecule has 0 unspecified atom stereocenters. The van der Waals surface area contributed by atoms with E-state index in [2.05, 4.69) is 9.88 Å². The smallest absolute Gasteiger partial charge is 0.149 e. The van der Waals surface area contributed by atoms with Gasteiger partial charge in [-0.05, 0) is 18.9 Å². The molecule has 0 spiro atoms. The van der Waals surface area contributed by atoms with E-state index in [0.717, 1.165) is 18.9 Å². The molecule has 88 valence electrons. The molecule has 3 nitrogen and oxygen atoms in total. The van der Waals surface area contributed by atoms with Gasteiger partial charge in [-0.2, -0.15) is 0 Å². The Morgan fingerprint density at radius 1 is 1.06 bits per heavy atom. The van der Waals surface area contributed by atoms with Crippen molar-refractivity contribution in [2.75, 3.05) is 23.7 Å². The molecular formula is C11H15Cl2N3. The van der Waals surface area contributed by atoms with Crippen molar-refractivity contribution in [1.29, 1.82) is 0 Å². The highest BCUT2D eigenvalue weighted by atomic mass is 35.5. The van der Waals surface area contributed by atoms with Crippen LogP contribution in [0.15, 0.2) is 6.07 Å². The third-order valence-corrected chi connectivity index (χ3v) is 3.42. The van der Waals surface area contributed by atoms with Crippen molar-refractivity contribution in [3.8, 4) is 0 Å². The van der Waals surface area contributed by atoms with Crippen LogP contribution in [0.25, 0.3) is 0 Å². The summed E-state index contributed by atoms with van der Waals surface area (Å²) in [7, 11) is 0. The van der Waals surface area contributed by atoms with Crippen molar-refractivity contribution in [3.63, 3.8) is 0 Å². The van der Waals surface area contributed by atoms with E-state index in [1.807, 2.05) is 0 Å². The summed E-state index contributed by atoms with van der Waals surface area (Å²) in [5, 5.41) is 1.00. The molecule has 0 radical (unpaired) electrons. The van der Waals surface area contributed by atoms with E-state index >= 15 is 0 Å². The fourth-order valence-corrected chi connectivity index (χ4v) is 2.45. The number of hydrogen-bond donors (Lipinski definition) is 1. The van der Waals surface area contributed by atoms with Crippen molar-refractivity contribution in [2.45, 2.75) is 25.7 Å². The van der Waals surface area contributed by atoms with Gasteiger partial charge in [-0.1, -0.05) is 36.0 Å². The molecular weight excluding hydrogens is 245 g/mol. The van der Waals surface area contributed by atoms with Gasteiger partial charge in [-0.15, -0.1) is 0 Å². The van der Waals surface area contributed by atoms with Gasteiger partial charge < -0.3 is 10.6 Å². The summed E-state index contributed by atoms with van der Waals surface area (Å²) >= 11 is 12.0. The molecule has 5 heteroatoms. The van der Waals surface area contributed by atoms with Gasteiger partial charge in [0, 0.05) is 13.1 Å². The van der Waals surface area contributed by atoms with Gasteiger partial charge in [0.1, 0.15) is 11.6 Å². The van der Waals surface area contributed by atoms with Crippen molar-refractivity contribution < 1.29 is 0 Å². The summed E-state index contributed by atoms with van der Waals surface area (Å²) in [6, 6.07) is 1.67. The van der Waals surface area contributed by atoms with Gasteiger partial charge in [0.2, 0.25) is 0 Å². The lowest BCUT2D eigenvalue weighted by Gasteiger charge is -2.22. The lowest BCUT2D eigenvalue weighted by atomic mass is 10.2. The number of nitrogens with zero attached hydrogens (tertiary/aromatic N) is 2. The lowest BCUT2D eigenvalue weighted by molar-refractivity contribution is 0.726. The fourth-order valence-electron chi connectivity index (χ4n) is 1.97. The fraction of sp³-hybridized carbons (Fsp3) is 0.545. The molecule has 1 aromatic heterocycles. The molecule has 2 rings (SSSR count). The maximum Gasteiger partial charge on any atom is 0.149 e. The zero-order valence-electron chi connectivity index (χ0n) is 9.05. The van der Waals surface area contributed by atoms with Crippen LogP contribution in [-0.4, -0.2) is 18.1 Å². The average molecular weight is 260 g/mol. The Morgan fingerprint density at radius 2 is 1.69 bits per heavy atom. The van der Waals surface area contributed by atoms with Crippen molar-refractivity contribution in [2.24, 2.45) is 0 Å². The summed E-state index contributed by atoms with van der Waals surface area (Å²) in [5.41, 5.74) is 5.71. The molecule has 1 aliphatic heterocycles. The predicted molar refractivity (Wildman–Crippen MR) is 69.4 cm³/mol. The minimum absolute atomic E-state index is 0.352. The van der Waals surface area contributed by atoms with Crippen LogP contribution in [0.4, 0.5) is 11.6 Å². The average Bonchev–Trinajstić information content (AvgIpc) is 2.52. The number of nitrogens with two attached hydrogens (primary N) is 1. The largest absolute Gasteiger partial charge is 0.382 e. The number of pyridine rings is 1. The van der Waals surface area contributed by atoms with E-state index in [1.54, 1.807) is 6.07 Å². The Bertz CT molecular complexity index is 374. The Balaban J connectivity index is 2.27. The lowest BCUT2D eigenvalue weighted by Crippen LogP contribution is -2.25. The van der Waals surface area contributed by atoms with E-state index in [-0.39, 0.29) is 0 Å². The first-order valence-electron chi connectivity index (χ1n) is 5.55. The molecule has 0 amide bonds. The van der Waals surface area contributed by atoms with E-state index in [1.165, 1.54) is 25.7 Å². The van der Waals surface area contributed by atoms with Crippen LogP contribution < -0.4 is 10.6 Å². The highest BCUT2D eigenvalue weighted by Crippen LogP contribution is 2.31. The number of rotatable bonds is 1. The van der Waals surface area contributed by atoms with E-state index in [0.29, 0.717) is 15.9 Å². The van der Waals surface area contributed by atoms with Crippen LogP contribution in [0.5, 0.6) is 0 Å². The second-order valence-corrected chi connectivity index (χ2v) is 4.88. The number of nitrogen functional groups attached to an aromatic ring is 1. The van der Waals surface area contributed by atoms with E-state index in [4.69, 9.17) is 28.9 Å². The first-order valence-corrected chi connectivity index (χ1v) is 6.30. The molecule has 0 aliphatic carbocycles. The molecule has 2 N–H and O–H groups in total. The van der Waals surface area contributed by atoms with Crippen molar-refractivity contribution in [3.05, 3.63) is 16.1 Å². The third-order valence-electron chi connectivity index (χ3n) is 2.84. The Kier molecular flexibility index (Phi) is 3.77. The van der Waals surface area contributed by atoms with Crippen LogP contribution in [0.3, 0.4) is 0 Å². The Morgan fingerprint density at radius 3 is 2.31 bits per heavy atom. The summed E-state index contributed by atoms with van der Waals surface area (Å²) in [4.78, 5) is 6.47. The summed E-state index contributed by atoms with van der Waals surface area (Å²) in [6.45, 7) is 1.99. The van der Waals surface area contributed by atoms with E-state index < -0.39 is 0 Å². The summed E-state index contributed by atoms with van der Waals surface area (Å²) in [6.07, 6.45) is 4.91. The molecule has 16 heavy (non-hydrogen) atoms. The molecule has 1 saturated heterocycles. The molecule has 0 aromatic carbocycles. The van der Waals surface area contributed by atoms with Gasteiger partial charge >= 0.3 is 0 Å². The first kappa shape index (κ1) is 11.8. The molecule has 1 aliphatic rings. The number of anilines is 2. The SMILES string of the molecule is Nc1nc(N2CCCCCC2)c(Cl)cc1Cl. The maximum atomic E-state index is 6.14. The van der Waals surface area contributed by atoms with Crippen molar-refractivity contribution >= 4 is 34.8 Å². The number of halogens is 2. The quantitative estimate of drug-likeness (QED) is 0.841. The standard InChI is InChI=1S/C11H15Cl2N3/c12-8-7-9(13)11(15-10(8)14)16-5-3-1-2-4-6-16/h7H,1-6H2,(H2,14,15). The van der Waals surface area contributed by atoms with Gasteiger partial charge in [-0.3, -0.25) is 0 Å². The first-order chi connectivity index (χ1) is 7.68. The third kappa shape index (κ3) is 2.53. The van der Waals surface area contributed by atoms with Crippen molar-refractivity contribution in [1.82, 2.24) is 4.98 Å². The normalized spacial score (nSPS) is 17.2. The minimum Gasteiger partial charge on any atom is -0.382 e. The van der Waals surface area contributed by atoms with Gasteiger partial charge in [0.25, 0.3) is 0 Å². The minimum atomic E-state index is 0.352. The second kappa shape index (κ2) is 5.11. The van der Waals surface area contributed by atoms with Gasteiger partial charge in [0.05, 0.1) is 10.0 Å². The number of aromatic nitrogens is 1. The van der Waals surface area contributed by atoms with Gasteiger partial charge in [0.15, 0.2) is 0 Å². The highest BCUT2D eigenvalue weighted by Gasteiger charge is 2.15. The Labute approximate surface area is 106 Å². The monoisotopic (exact) mass is 259 g/mol. The molecule has 2 heterocycles. The molecule has 0 bridgehead atoms. The van der Waals surface area contributed by atoms with Crippen LogP contribution in [0.2, 0.25) is 10.0 Å². The summed E-state index contributed by atoms with van der Waals surface area (Å²) in [5.74, 6) is 1.12. The van der Waals surface area contributed by atoms with E-state index in [9.17, 15) is 0 Å². The Hall–Kier alpha value is -0.670. The second-order valence-electron chi connectivity index (χ2n) is 4.06.